The molecule has 2 aromatic heterocycles. The maximum absolute atomic E-state index is 12.9. The number of carbonyl (C=O) groups excluding carboxylic acids is 3. The maximum Gasteiger partial charge on any atom is 0.260 e. The Kier molecular flexibility index (Phi) is 6.92. The minimum absolute atomic E-state index is 0.142. The molecule has 1 aromatic carbocycles. The van der Waals surface area contributed by atoms with Crippen molar-refractivity contribution in [2.24, 2.45) is 7.05 Å². The highest BCUT2D eigenvalue weighted by Gasteiger charge is 2.33. The lowest BCUT2D eigenvalue weighted by Crippen LogP contribution is -2.51. The summed E-state index contributed by atoms with van der Waals surface area (Å²) in [7, 11) is -1.94. The fraction of sp³-hybridized carbons (Fsp3) is 0.458. The van der Waals surface area contributed by atoms with E-state index in [-0.39, 0.29) is 61.8 Å². The fourth-order valence-electron chi connectivity index (χ4n) is 4.87. The van der Waals surface area contributed by atoms with Crippen molar-refractivity contribution in [3.63, 3.8) is 0 Å². The summed E-state index contributed by atoms with van der Waals surface area (Å²) >= 11 is 0. The average molecular weight is 544 g/mol. The highest BCUT2D eigenvalue weighted by molar-refractivity contribution is 7.89. The fourth-order valence-corrected chi connectivity index (χ4v) is 6.24. The van der Waals surface area contributed by atoms with Gasteiger partial charge in [0.05, 0.1) is 17.8 Å². The lowest BCUT2D eigenvalue weighted by atomic mass is 9.93. The summed E-state index contributed by atoms with van der Waals surface area (Å²) in [6, 6.07) is 5.33. The molecule has 2 aliphatic heterocycles. The summed E-state index contributed by atoms with van der Waals surface area (Å²) < 4.78 is 36.2. The number of aromatic nitrogens is 4. The van der Waals surface area contributed by atoms with Gasteiger partial charge in [-0.3, -0.25) is 29.1 Å². The Hall–Kier alpha value is -3.78. The van der Waals surface area contributed by atoms with Crippen LogP contribution in [0.2, 0.25) is 0 Å². The molecule has 14 heteroatoms. The average Bonchev–Trinajstić information content (AvgIpc) is 3.53. The number of rotatable bonds is 7. The second-order valence-electron chi connectivity index (χ2n) is 9.27. The zero-order valence-electron chi connectivity index (χ0n) is 21.2. The van der Waals surface area contributed by atoms with Crippen molar-refractivity contribution in [1.29, 1.82) is 0 Å². The summed E-state index contributed by atoms with van der Waals surface area (Å²) in [6.45, 7) is 3.08. The molecule has 1 atom stereocenters. The number of amides is 3. The highest BCUT2D eigenvalue weighted by atomic mass is 32.2. The van der Waals surface area contributed by atoms with E-state index in [0.29, 0.717) is 29.9 Å². The van der Waals surface area contributed by atoms with Crippen LogP contribution in [-0.2, 0) is 38.0 Å². The Labute approximate surface area is 219 Å². The number of hydrogen-bond acceptors (Lipinski definition) is 8. The van der Waals surface area contributed by atoms with Gasteiger partial charge in [0.15, 0.2) is 6.61 Å². The lowest BCUT2D eigenvalue weighted by Gasteiger charge is -2.33. The van der Waals surface area contributed by atoms with Crippen molar-refractivity contribution >= 4 is 38.6 Å². The van der Waals surface area contributed by atoms with Gasteiger partial charge in [0.1, 0.15) is 16.2 Å². The molecule has 13 nitrogen and oxygen atoms in total. The second-order valence-corrected chi connectivity index (χ2v) is 11.2. The molecular weight excluding hydrogens is 514 g/mol. The van der Waals surface area contributed by atoms with Gasteiger partial charge in [-0.25, -0.2) is 8.42 Å². The van der Waals surface area contributed by atoms with Crippen LogP contribution in [0.25, 0.3) is 10.9 Å². The minimum Gasteiger partial charge on any atom is -0.481 e. The Balaban J connectivity index is 1.23. The van der Waals surface area contributed by atoms with Crippen LogP contribution in [0, 0.1) is 0 Å². The molecule has 0 bridgehead atoms. The van der Waals surface area contributed by atoms with Gasteiger partial charge in [-0.15, -0.1) is 0 Å². The third-order valence-corrected chi connectivity index (χ3v) is 8.79. The number of imide groups is 1. The van der Waals surface area contributed by atoms with E-state index < -0.39 is 15.9 Å². The zero-order chi connectivity index (χ0) is 27.0. The van der Waals surface area contributed by atoms with Crippen molar-refractivity contribution < 1.29 is 27.5 Å². The molecule has 0 radical (unpaired) electrons. The van der Waals surface area contributed by atoms with Gasteiger partial charge in [0.25, 0.3) is 5.91 Å². The van der Waals surface area contributed by atoms with E-state index in [9.17, 15) is 22.8 Å². The maximum atomic E-state index is 12.9. The van der Waals surface area contributed by atoms with E-state index in [0.717, 1.165) is 5.39 Å². The first-order valence-corrected chi connectivity index (χ1v) is 13.9. The van der Waals surface area contributed by atoms with Crippen LogP contribution in [0.15, 0.2) is 35.5 Å². The van der Waals surface area contributed by atoms with Crippen molar-refractivity contribution in [2.75, 3.05) is 32.8 Å². The number of ether oxygens (including phenoxy) is 1. The number of para-hydroxylation sites is 1. The number of nitrogens with one attached hydrogen (secondary N) is 1. The number of aryl methyl sites for hydroxylation is 2. The van der Waals surface area contributed by atoms with E-state index in [2.05, 4.69) is 15.5 Å². The van der Waals surface area contributed by atoms with Crippen LogP contribution in [-0.4, -0.2) is 87.7 Å². The van der Waals surface area contributed by atoms with Crippen molar-refractivity contribution in [3.8, 4) is 5.75 Å². The van der Waals surface area contributed by atoms with Crippen molar-refractivity contribution in [1.82, 2.24) is 34.1 Å². The number of fused-ring (bicyclic) bond motifs is 1. The van der Waals surface area contributed by atoms with E-state index in [1.54, 1.807) is 33.4 Å². The molecule has 2 fully saturated rings. The molecule has 2 saturated heterocycles. The molecule has 2 aliphatic rings. The molecule has 0 spiro atoms. The predicted molar refractivity (Wildman–Crippen MR) is 135 cm³/mol. The molecule has 202 valence electrons. The van der Waals surface area contributed by atoms with E-state index in [4.69, 9.17) is 4.74 Å². The second kappa shape index (κ2) is 10.2. The first kappa shape index (κ1) is 25.9. The van der Waals surface area contributed by atoms with E-state index in [1.165, 1.54) is 16.7 Å². The molecule has 1 N–H and O–H groups in total. The Bertz CT molecular complexity index is 1500. The number of nitrogens with zero attached hydrogens (tertiary/aromatic N) is 6. The summed E-state index contributed by atoms with van der Waals surface area (Å²) in [6.07, 6.45) is 3.47. The summed E-state index contributed by atoms with van der Waals surface area (Å²) in [5.74, 6) is -1.02. The number of piperidine rings is 1. The normalized spacial score (nSPS) is 19.1. The summed E-state index contributed by atoms with van der Waals surface area (Å²) in [5.41, 5.74) is 1.20. The smallest absolute Gasteiger partial charge is 0.260 e. The van der Waals surface area contributed by atoms with Gasteiger partial charge in [-0.1, -0.05) is 12.1 Å². The molecule has 38 heavy (non-hydrogen) atoms. The number of hydrogen-bond donors (Lipinski definition) is 1. The number of piperazine rings is 1. The van der Waals surface area contributed by atoms with Crippen LogP contribution >= 0.6 is 0 Å². The third-order valence-electron chi connectivity index (χ3n) is 6.94. The van der Waals surface area contributed by atoms with Crippen LogP contribution in [0.4, 0.5) is 0 Å². The van der Waals surface area contributed by atoms with E-state index in [1.807, 2.05) is 13.0 Å². The van der Waals surface area contributed by atoms with Crippen LogP contribution in [0.5, 0.6) is 5.75 Å². The molecule has 3 amide bonds. The van der Waals surface area contributed by atoms with Gasteiger partial charge in [0, 0.05) is 57.8 Å². The van der Waals surface area contributed by atoms with Crippen LogP contribution < -0.4 is 10.1 Å². The topological polar surface area (TPSA) is 149 Å². The minimum atomic E-state index is -3.67. The Morgan fingerprint density at radius 1 is 1.18 bits per heavy atom. The first-order chi connectivity index (χ1) is 18.2. The number of benzene rings is 1. The van der Waals surface area contributed by atoms with Crippen molar-refractivity contribution in [3.05, 3.63) is 36.3 Å². The zero-order valence-corrected chi connectivity index (χ0v) is 22.0. The monoisotopic (exact) mass is 543 g/mol. The molecule has 1 unspecified atom stereocenters. The first-order valence-electron chi connectivity index (χ1n) is 12.4. The number of sulfonamides is 1. The van der Waals surface area contributed by atoms with Gasteiger partial charge >= 0.3 is 0 Å². The predicted octanol–water partition coefficient (Wildman–Crippen LogP) is 0.222. The van der Waals surface area contributed by atoms with Gasteiger partial charge in [0.2, 0.25) is 21.8 Å². The highest BCUT2D eigenvalue weighted by Crippen LogP contribution is 2.34. The molecule has 3 aromatic rings. The van der Waals surface area contributed by atoms with E-state index >= 15 is 0 Å². The van der Waals surface area contributed by atoms with Gasteiger partial charge < -0.3 is 9.64 Å². The molecule has 0 aliphatic carbocycles. The third kappa shape index (κ3) is 4.76. The van der Waals surface area contributed by atoms with Crippen molar-refractivity contribution in [2.45, 2.75) is 37.1 Å². The van der Waals surface area contributed by atoms with Gasteiger partial charge in [-0.05, 0) is 19.4 Å². The molecule has 0 saturated carbocycles. The quantitative estimate of drug-likeness (QED) is 0.416. The lowest BCUT2D eigenvalue weighted by molar-refractivity contribution is -0.135. The Morgan fingerprint density at radius 2 is 1.95 bits per heavy atom. The van der Waals surface area contributed by atoms with Crippen LogP contribution in [0.1, 0.15) is 31.4 Å². The Morgan fingerprint density at radius 3 is 2.63 bits per heavy atom. The SMILES string of the molecule is CCn1cc(S(=O)(=O)N2CCN(C(=O)COc3cccc4c(C5CCC(=O)NC5=O)nn(C)c34)CC2)cn1. The summed E-state index contributed by atoms with van der Waals surface area (Å²) in [4.78, 5) is 38.6. The standard InChI is InChI=1S/C24H29N7O6S/c1-3-30-14-16(13-25-30)38(35,36)31-11-9-29(10-12-31)21(33)15-37-19-6-4-5-17-22(27-28(2)23(17)19)18-7-8-20(32)26-24(18)34/h4-6,13-14,18H,3,7-12,15H2,1-2H3,(H,26,32,34). The summed E-state index contributed by atoms with van der Waals surface area (Å²) in [5, 5.41) is 11.7. The molecule has 4 heterocycles. The van der Waals surface area contributed by atoms with Crippen LogP contribution in [0.3, 0.4) is 0 Å². The molecule has 5 rings (SSSR count). The van der Waals surface area contributed by atoms with Gasteiger partial charge in [-0.2, -0.15) is 14.5 Å². The molecular formula is C24H29N7O6S. The largest absolute Gasteiger partial charge is 0.481 e. The number of carbonyl (C=O) groups is 3.